The highest BCUT2D eigenvalue weighted by atomic mass is 79.9. The van der Waals surface area contributed by atoms with Crippen LogP contribution in [0.25, 0.3) is 0 Å². The number of hydrogen-bond acceptors (Lipinski definition) is 4. The summed E-state index contributed by atoms with van der Waals surface area (Å²) in [7, 11) is 1.62. The predicted molar refractivity (Wildman–Crippen MR) is 82.1 cm³/mol. The summed E-state index contributed by atoms with van der Waals surface area (Å²) in [6.07, 6.45) is 1.67. The molecule has 0 amide bonds. The molecule has 1 aromatic carbocycles. The van der Waals surface area contributed by atoms with Crippen LogP contribution in [-0.2, 0) is 11.3 Å². The molecule has 21 heavy (non-hydrogen) atoms. The topological polar surface area (TPSA) is 65.1 Å². The van der Waals surface area contributed by atoms with E-state index in [4.69, 9.17) is 10.6 Å². The number of aryl methyl sites for hydroxylation is 1. The Hall–Kier alpha value is -1.28. The summed E-state index contributed by atoms with van der Waals surface area (Å²) in [6, 6.07) is 4.57. The lowest BCUT2D eigenvalue weighted by Gasteiger charge is -2.20. The molecule has 1 unspecified atom stereocenters. The molecule has 0 aliphatic carbocycles. The molecule has 1 atom stereocenters. The first-order valence-corrected chi connectivity index (χ1v) is 7.30. The van der Waals surface area contributed by atoms with Gasteiger partial charge in [-0.3, -0.25) is 10.5 Å². The second-order valence-electron chi connectivity index (χ2n) is 4.72. The maximum Gasteiger partial charge on any atom is 0.128 e. The van der Waals surface area contributed by atoms with Crippen molar-refractivity contribution in [2.45, 2.75) is 19.5 Å². The van der Waals surface area contributed by atoms with Crippen LogP contribution in [0.3, 0.4) is 0 Å². The number of rotatable bonds is 6. The SMILES string of the molecule is COCCn1ncc(Br)c1C(NN)c1ccc(C)cc1F. The van der Waals surface area contributed by atoms with Gasteiger partial charge in [-0.2, -0.15) is 5.10 Å². The smallest absolute Gasteiger partial charge is 0.128 e. The van der Waals surface area contributed by atoms with Crippen LogP contribution >= 0.6 is 15.9 Å². The van der Waals surface area contributed by atoms with Gasteiger partial charge >= 0.3 is 0 Å². The van der Waals surface area contributed by atoms with Gasteiger partial charge in [0.2, 0.25) is 0 Å². The molecule has 0 radical (unpaired) electrons. The predicted octanol–water partition coefficient (Wildman–Crippen LogP) is 2.29. The summed E-state index contributed by atoms with van der Waals surface area (Å²) in [5.41, 5.74) is 4.76. The number of nitrogens with zero attached hydrogens (tertiary/aromatic N) is 2. The van der Waals surface area contributed by atoms with Gasteiger partial charge in [0.25, 0.3) is 0 Å². The summed E-state index contributed by atoms with van der Waals surface area (Å²) in [4.78, 5) is 0. The highest BCUT2D eigenvalue weighted by Crippen LogP contribution is 2.29. The Morgan fingerprint density at radius 2 is 2.29 bits per heavy atom. The number of aromatic nitrogens is 2. The molecule has 0 fully saturated rings. The molecule has 3 N–H and O–H groups in total. The van der Waals surface area contributed by atoms with Gasteiger partial charge in [0, 0.05) is 12.7 Å². The van der Waals surface area contributed by atoms with E-state index in [2.05, 4.69) is 26.5 Å². The highest BCUT2D eigenvalue weighted by molar-refractivity contribution is 9.10. The van der Waals surface area contributed by atoms with Crippen LogP contribution in [0.1, 0.15) is 22.9 Å². The summed E-state index contributed by atoms with van der Waals surface area (Å²) >= 11 is 3.44. The average molecular weight is 357 g/mol. The van der Waals surface area contributed by atoms with Gasteiger partial charge in [-0.15, -0.1) is 0 Å². The van der Waals surface area contributed by atoms with Crippen molar-refractivity contribution < 1.29 is 9.13 Å². The Bertz CT molecular complexity index is 617. The fourth-order valence-electron chi connectivity index (χ4n) is 2.20. The third kappa shape index (κ3) is 3.49. The minimum absolute atomic E-state index is 0.302. The lowest BCUT2D eigenvalue weighted by atomic mass is 10.0. The quantitative estimate of drug-likeness (QED) is 0.615. The second-order valence-corrected chi connectivity index (χ2v) is 5.57. The van der Waals surface area contributed by atoms with Crippen molar-refractivity contribution in [3.63, 3.8) is 0 Å². The van der Waals surface area contributed by atoms with E-state index in [9.17, 15) is 4.39 Å². The van der Waals surface area contributed by atoms with Gasteiger partial charge in [-0.05, 0) is 34.5 Å². The van der Waals surface area contributed by atoms with E-state index in [1.54, 1.807) is 24.1 Å². The average Bonchev–Trinajstić information content (AvgIpc) is 2.81. The molecule has 7 heteroatoms. The Kier molecular flexibility index (Phi) is 5.46. The number of nitrogens with one attached hydrogen (secondary N) is 1. The molecule has 1 aromatic heterocycles. The van der Waals surface area contributed by atoms with E-state index < -0.39 is 6.04 Å². The molecule has 0 saturated carbocycles. The van der Waals surface area contributed by atoms with Gasteiger partial charge < -0.3 is 4.74 Å². The first kappa shape index (κ1) is 16.1. The lowest BCUT2D eigenvalue weighted by molar-refractivity contribution is 0.182. The van der Waals surface area contributed by atoms with Crippen molar-refractivity contribution in [1.82, 2.24) is 15.2 Å². The van der Waals surface area contributed by atoms with E-state index >= 15 is 0 Å². The number of methoxy groups -OCH3 is 1. The zero-order valence-electron chi connectivity index (χ0n) is 11.9. The van der Waals surface area contributed by atoms with Crippen LogP contribution in [0.15, 0.2) is 28.9 Å². The van der Waals surface area contributed by atoms with Crippen LogP contribution in [0.4, 0.5) is 4.39 Å². The van der Waals surface area contributed by atoms with E-state index in [1.165, 1.54) is 6.07 Å². The molecule has 0 bridgehead atoms. The lowest BCUT2D eigenvalue weighted by Crippen LogP contribution is -2.32. The van der Waals surface area contributed by atoms with Crippen LogP contribution < -0.4 is 11.3 Å². The van der Waals surface area contributed by atoms with Crippen LogP contribution in [0.2, 0.25) is 0 Å². The Morgan fingerprint density at radius 3 is 2.90 bits per heavy atom. The van der Waals surface area contributed by atoms with Crippen LogP contribution in [-0.4, -0.2) is 23.5 Å². The summed E-state index contributed by atoms with van der Waals surface area (Å²) in [5.74, 6) is 5.36. The first-order valence-electron chi connectivity index (χ1n) is 6.50. The Morgan fingerprint density at radius 1 is 1.52 bits per heavy atom. The first-order chi connectivity index (χ1) is 10.1. The van der Waals surface area contributed by atoms with Crippen molar-refractivity contribution in [2.75, 3.05) is 13.7 Å². The van der Waals surface area contributed by atoms with Gasteiger partial charge in [0.1, 0.15) is 5.82 Å². The summed E-state index contributed by atoms with van der Waals surface area (Å²) in [6.45, 7) is 2.91. The molecule has 114 valence electrons. The number of halogens is 2. The van der Waals surface area contributed by atoms with Gasteiger partial charge in [-0.1, -0.05) is 12.1 Å². The van der Waals surface area contributed by atoms with Crippen molar-refractivity contribution >= 4 is 15.9 Å². The maximum absolute atomic E-state index is 14.2. The minimum atomic E-state index is -0.501. The minimum Gasteiger partial charge on any atom is -0.383 e. The van der Waals surface area contributed by atoms with E-state index in [1.807, 2.05) is 13.0 Å². The van der Waals surface area contributed by atoms with E-state index in [0.29, 0.717) is 18.7 Å². The van der Waals surface area contributed by atoms with Gasteiger partial charge in [0.05, 0.1) is 35.6 Å². The summed E-state index contributed by atoms with van der Waals surface area (Å²) in [5, 5.41) is 4.27. The summed E-state index contributed by atoms with van der Waals surface area (Å²) < 4.78 is 21.8. The fourth-order valence-corrected chi connectivity index (χ4v) is 2.72. The molecule has 2 aromatic rings. The number of hydrazine groups is 1. The standard InChI is InChI=1S/C14H18BrFN4O/c1-9-3-4-10(12(16)7-9)13(19-17)14-11(15)8-18-20(14)5-6-21-2/h3-4,7-8,13,19H,5-6,17H2,1-2H3. The number of nitrogens with two attached hydrogens (primary N) is 1. The molecule has 1 heterocycles. The van der Waals surface area contributed by atoms with Crippen molar-refractivity contribution in [3.8, 4) is 0 Å². The van der Waals surface area contributed by atoms with Crippen molar-refractivity contribution in [3.05, 3.63) is 51.5 Å². The Labute approximate surface area is 131 Å². The van der Waals surface area contributed by atoms with Gasteiger partial charge in [-0.25, -0.2) is 9.82 Å². The molecule has 0 aliphatic rings. The second kappa shape index (κ2) is 7.13. The molecule has 2 rings (SSSR count). The monoisotopic (exact) mass is 356 g/mol. The molecule has 5 nitrogen and oxygen atoms in total. The largest absolute Gasteiger partial charge is 0.383 e. The molecular formula is C14H18BrFN4O. The molecule has 0 saturated heterocycles. The van der Waals surface area contributed by atoms with E-state index in [-0.39, 0.29) is 5.82 Å². The zero-order valence-corrected chi connectivity index (χ0v) is 13.5. The molecular weight excluding hydrogens is 339 g/mol. The third-order valence-electron chi connectivity index (χ3n) is 3.25. The van der Waals surface area contributed by atoms with Gasteiger partial charge in [0.15, 0.2) is 0 Å². The van der Waals surface area contributed by atoms with E-state index in [0.717, 1.165) is 15.7 Å². The number of hydrogen-bond donors (Lipinski definition) is 2. The van der Waals surface area contributed by atoms with Crippen LogP contribution in [0.5, 0.6) is 0 Å². The zero-order chi connectivity index (χ0) is 15.4. The fraction of sp³-hybridized carbons (Fsp3) is 0.357. The number of benzene rings is 1. The molecule has 0 aliphatic heterocycles. The third-order valence-corrected chi connectivity index (χ3v) is 3.86. The van der Waals surface area contributed by atoms with Crippen molar-refractivity contribution in [1.29, 1.82) is 0 Å². The highest BCUT2D eigenvalue weighted by Gasteiger charge is 2.23. The normalized spacial score (nSPS) is 12.6. The Balaban J connectivity index is 2.43. The maximum atomic E-state index is 14.2. The van der Waals surface area contributed by atoms with Crippen molar-refractivity contribution in [2.24, 2.45) is 5.84 Å². The number of ether oxygens (including phenoxy) is 1. The molecule has 0 spiro atoms. The van der Waals surface area contributed by atoms with Crippen LogP contribution in [0, 0.1) is 12.7 Å².